The number of aryl methyl sites for hydroxylation is 2. The van der Waals surface area contributed by atoms with Crippen molar-refractivity contribution in [3.63, 3.8) is 0 Å². The molecule has 1 aliphatic carbocycles. The van der Waals surface area contributed by atoms with Crippen molar-refractivity contribution in [2.45, 2.75) is 31.2 Å². The molecule has 0 aliphatic heterocycles. The lowest BCUT2D eigenvalue weighted by Gasteiger charge is -2.44. The van der Waals surface area contributed by atoms with Gasteiger partial charge in [0.25, 0.3) is 5.92 Å². The Labute approximate surface area is 80.9 Å². The molecule has 1 heterocycles. The number of alkyl halides is 2. The standard InChI is InChI=1S/C9H13F2N3/c1-6-3-13-14(2)7(6)8(12)4-9(10,11)5-8/h3H,4-5,12H2,1-2H3. The Morgan fingerprint density at radius 2 is 2.07 bits per heavy atom. The topological polar surface area (TPSA) is 43.8 Å². The molecular weight excluding hydrogens is 188 g/mol. The average molecular weight is 201 g/mol. The van der Waals surface area contributed by atoms with Crippen LogP contribution in [0.1, 0.15) is 24.1 Å². The Kier molecular flexibility index (Phi) is 1.73. The summed E-state index contributed by atoms with van der Waals surface area (Å²) >= 11 is 0. The number of rotatable bonds is 1. The van der Waals surface area contributed by atoms with Gasteiger partial charge in [-0.25, -0.2) is 8.78 Å². The Morgan fingerprint density at radius 1 is 1.50 bits per heavy atom. The third-order valence-corrected chi connectivity index (χ3v) is 2.74. The largest absolute Gasteiger partial charge is 0.320 e. The molecule has 0 spiro atoms. The molecule has 0 radical (unpaired) electrons. The minimum atomic E-state index is -2.61. The van der Waals surface area contributed by atoms with Gasteiger partial charge in [-0.05, 0) is 12.5 Å². The van der Waals surface area contributed by atoms with Crippen LogP contribution in [0.4, 0.5) is 8.78 Å². The van der Waals surface area contributed by atoms with Crippen molar-refractivity contribution in [1.82, 2.24) is 9.78 Å². The number of halogens is 2. The molecule has 1 fully saturated rings. The summed E-state index contributed by atoms with van der Waals surface area (Å²) in [6.45, 7) is 1.84. The molecule has 3 nitrogen and oxygen atoms in total. The second kappa shape index (κ2) is 2.53. The molecule has 0 bridgehead atoms. The summed E-state index contributed by atoms with van der Waals surface area (Å²) in [4.78, 5) is 0. The maximum atomic E-state index is 12.8. The molecule has 0 saturated heterocycles. The van der Waals surface area contributed by atoms with E-state index in [1.54, 1.807) is 17.9 Å². The summed E-state index contributed by atoms with van der Waals surface area (Å²) in [6.07, 6.45) is 1.10. The fraction of sp³-hybridized carbons (Fsp3) is 0.667. The summed E-state index contributed by atoms with van der Waals surface area (Å²) in [6, 6.07) is 0. The van der Waals surface area contributed by atoms with E-state index in [9.17, 15) is 8.78 Å². The van der Waals surface area contributed by atoms with E-state index in [0.717, 1.165) is 11.3 Å². The van der Waals surface area contributed by atoms with Gasteiger partial charge in [0.05, 0.1) is 17.4 Å². The first kappa shape index (κ1) is 9.58. The second-order valence-corrected chi connectivity index (χ2v) is 4.17. The number of nitrogens with zero attached hydrogens (tertiary/aromatic N) is 2. The lowest BCUT2D eigenvalue weighted by molar-refractivity contribution is -0.127. The van der Waals surface area contributed by atoms with Crippen molar-refractivity contribution < 1.29 is 8.78 Å². The SMILES string of the molecule is Cc1cnn(C)c1C1(N)CC(F)(F)C1. The van der Waals surface area contributed by atoms with Crippen LogP contribution in [0.5, 0.6) is 0 Å². The quantitative estimate of drug-likeness (QED) is 0.744. The van der Waals surface area contributed by atoms with Crippen molar-refractivity contribution in [2.75, 3.05) is 0 Å². The van der Waals surface area contributed by atoms with E-state index in [2.05, 4.69) is 5.10 Å². The van der Waals surface area contributed by atoms with E-state index in [4.69, 9.17) is 5.73 Å². The molecule has 0 amide bonds. The maximum Gasteiger partial charge on any atom is 0.252 e. The van der Waals surface area contributed by atoms with Crippen LogP contribution in [0, 0.1) is 6.92 Å². The van der Waals surface area contributed by atoms with E-state index in [0.29, 0.717) is 0 Å². The molecule has 1 saturated carbocycles. The smallest absolute Gasteiger partial charge is 0.252 e. The molecule has 2 N–H and O–H groups in total. The highest BCUT2D eigenvalue weighted by atomic mass is 19.3. The molecule has 78 valence electrons. The summed E-state index contributed by atoms with van der Waals surface area (Å²) in [5.41, 5.74) is 6.62. The van der Waals surface area contributed by atoms with E-state index in [1.807, 2.05) is 6.92 Å². The molecule has 0 unspecified atom stereocenters. The highest BCUT2D eigenvalue weighted by molar-refractivity contribution is 5.28. The molecule has 0 aromatic carbocycles. The van der Waals surface area contributed by atoms with Crippen LogP contribution >= 0.6 is 0 Å². The second-order valence-electron chi connectivity index (χ2n) is 4.17. The monoisotopic (exact) mass is 201 g/mol. The zero-order valence-corrected chi connectivity index (χ0v) is 8.22. The molecular formula is C9H13F2N3. The Hall–Kier alpha value is -0.970. The highest BCUT2D eigenvalue weighted by Crippen LogP contribution is 2.50. The van der Waals surface area contributed by atoms with Gasteiger partial charge in [-0.1, -0.05) is 0 Å². The van der Waals surface area contributed by atoms with Gasteiger partial charge in [-0.15, -0.1) is 0 Å². The molecule has 0 atom stereocenters. The minimum Gasteiger partial charge on any atom is -0.320 e. The predicted octanol–water partition coefficient (Wildman–Crippen LogP) is 1.31. The van der Waals surface area contributed by atoms with Gasteiger partial charge < -0.3 is 5.73 Å². The van der Waals surface area contributed by atoms with Crippen molar-refractivity contribution in [3.8, 4) is 0 Å². The fourth-order valence-electron chi connectivity index (χ4n) is 2.30. The lowest BCUT2D eigenvalue weighted by atomic mass is 9.71. The highest BCUT2D eigenvalue weighted by Gasteiger charge is 2.56. The molecule has 2 rings (SSSR count). The van der Waals surface area contributed by atoms with Crippen molar-refractivity contribution in [1.29, 1.82) is 0 Å². The van der Waals surface area contributed by atoms with Gasteiger partial charge in [0.15, 0.2) is 0 Å². The van der Waals surface area contributed by atoms with Crippen LogP contribution in [0.25, 0.3) is 0 Å². The summed E-state index contributed by atoms with van der Waals surface area (Å²) in [7, 11) is 1.73. The van der Waals surface area contributed by atoms with Crippen molar-refractivity contribution >= 4 is 0 Å². The van der Waals surface area contributed by atoms with Crippen LogP contribution < -0.4 is 5.73 Å². The molecule has 1 aromatic rings. The van der Waals surface area contributed by atoms with Crippen molar-refractivity contribution in [3.05, 3.63) is 17.5 Å². The number of hydrogen-bond donors (Lipinski definition) is 1. The molecule has 1 aromatic heterocycles. The normalized spacial score (nSPS) is 23.2. The first-order valence-corrected chi connectivity index (χ1v) is 4.50. The van der Waals surface area contributed by atoms with Gasteiger partial charge in [0.2, 0.25) is 0 Å². The van der Waals surface area contributed by atoms with Gasteiger partial charge in [0.1, 0.15) is 0 Å². The third kappa shape index (κ3) is 1.23. The van der Waals surface area contributed by atoms with E-state index >= 15 is 0 Å². The van der Waals surface area contributed by atoms with Crippen LogP contribution in [0.15, 0.2) is 6.20 Å². The summed E-state index contributed by atoms with van der Waals surface area (Å²) < 4.78 is 27.1. The Morgan fingerprint density at radius 3 is 2.43 bits per heavy atom. The van der Waals surface area contributed by atoms with Gasteiger partial charge >= 0.3 is 0 Å². The van der Waals surface area contributed by atoms with Crippen molar-refractivity contribution in [2.24, 2.45) is 12.8 Å². The average Bonchev–Trinajstić information content (AvgIpc) is 2.26. The zero-order chi connectivity index (χ0) is 10.6. The van der Waals surface area contributed by atoms with Crippen LogP contribution in [0.2, 0.25) is 0 Å². The molecule has 14 heavy (non-hydrogen) atoms. The van der Waals surface area contributed by atoms with Crippen LogP contribution in [0.3, 0.4) is 0 Å². The zero-order valence-electron chi connectivity index (χ0n) is 8.22. The molecule has 5 heteroatoms. The fourth-order valence-corrected chi connectivity index (χ4v) is 2.30. The van der Waals surface area contributed by atoms with Crippen LogP contribution in [-0.4, -0.2) is 15.7 Å². The third-order valence-electron chi connectivity index (χ3n) is 2.74. The van der Waals surface area contributed by atoms with E-state index in [1.165, 1.54) is 0 Å². The lowest BCUT2D eigenvalue weighted by Crippen LogP contribution is -2.56. The first-order chi connectivity index (χ1) is 6.34. The Bertz CT molecular complexity index is 343. The predicted molar refractivity (Wildman–Crippen MR) is 48.0 cm³/mol. The molecule has 1 aliphatic rings. The van der Waals surface area contributed by atoms with E-state index in [-0.39, 0.29) is 12.8 Å². The minimum absolute atomic E-state index is 0.277. The first-order valence-electron chi connectivity index (χ1n) is 4.50. The summed E-state index contributed by atoms with van der Waals surface area (Å²) in [5.74, 6) is -2.61. The number of nitrogens with two attached hydrogens (primary N) is 1. The van der Waals surface area contributed by atoms with E-state index < -0.39 is 11.5 Å². The maximum absolute atomic E-state index is 12.8. The van der Waals surface area contributed by atoms with Crippen LogP contribution in [-0.2, 0) is 12.6 Å². The van der Waals surface area contributed by atoms with Gasteiger partial charge in [-0.2, -0.15) is 5.10 Å². The number of hydrogen-bond acceptors (Lipinski definition) is 2. The summed E-state index contributed by atoms with van der Waals surface area (Å²) in [5, 5.41) is 4.00. The number of aromatic nitrogens is 2. The van der Waals surface area contributed by atoms with Gasteiger partial charge in [0, 0.05) is 19.9 Å². The van der Waals surface area contributed by atoms with Gasteiger partial charge in [-0.3, -0.25) is 4.68 Å². The Balaban J connectivity index is 2.33.